The number of hydrogen-bond donors (Lipinski definition) is 3. The van der Waals surface area contributed by atoms with Crippen molar-refractivity contribution in [3.05, 3.63) is 6.20 Å². The molecular weight excluding hydrogens is 268 g/mol. The Morgan fingerprint density at radius 2 is 2.16 bits per heavy atom. The maximum absolute atomic E-state index is 12.1. The summed E-state index contributed by atoms with van der Waals surface area (Å²) in [6, 6.07) is 0. The molecule has 1 heterocycles. The predicted molar refractivity (Wildman–Crippen MR) is 73.0 cm³/mol. The lowest BCUT2D eigenvalue weighted by atomic mass is 9.96. The minimum atomic E-state index is -3.70. The topological polar surface area (TPSA) is 110 Å². The van der Waals surface area contributed by atoms with Gasteiger partial charge in [-0.3, -0.25) is 4.68 Å². The maximum Gasteiger partial charge on any atom is 0.245 e. The Morgan fingerprint density at radius 3 is 2.68 bits per heavy atom. The van der Waals surface area contributed by atoms with Crippen LogP contribution in [0.1, 0.15) is 27.2 Å². The number of aromatic nitrogens is 2. The minimum Gasteiger partial charge on any atom is -0.396 e. The average molecular weight is 290 g/mol. The molecule has 0 aliphatic carbocycles. The normalized spacial score (nSPS) is 12.8. The Balaban J connectivity index is 2.88. The highest BCUT2D eigenvalue weighted by molar-refractivity contribution is 7.89. The molecule has 0 unspecified atom stereocenters. The van der Waals surface area contributed by atoms with Crippen molar-refractivity contribution in [3.8, 4) is 0 Å². The van der Waals surface area contributed by atoms with Crippen LogP contribution in [-0.4, -0.2) is 36.5 Å². The van der Waals surface area contributed by atoms with Gasteiger partial charge in [0.05, 0.1) is 0 Å². The minimum absolute atomic E-state index is 0.0113. The SMILES string of the molecule is CCCn1cc(S(=O)(=O)NCC(C)(C)CO)c(N)n1. The van der Waals surface area contributed by atoms with Gasteiger partial charge in [0.2, 0.25) is 10.0 Å². The van der Waals surface area contributed by atoms with Crippen LogP contribution >= 0.6 is 0 Å². The third-order valence-corrected chi connectivity index (χ3v) is 4.08. The summed E-state index contributed by atoms with van der Waals surface area (Å²) in [5.74, 6) is -0.0113. The Hall–Kier alpha value is -1.12. The van der Waals surface area contributed by atoms with Gasteiger partial charge in [-0.25, -0.2) is 13.1 Å². The first-order valence-electron chi connectivity index (χ1n) is 6.15. The quantitative estimate of drug-likeness (QED) is 0.663. The van der Waals surface area contributed by atoms with Crippen LogP contribution in [0.15, 0.2) is 11.1 Å². The van der Waals surface area contributed by atoms with Crippen molar-refractivity contribution >= 4 is 15.8 Å². The van der Waals surface area contributed by atoms with Crippen LogP contribution < -0.4 is 10.5 Å². The van der Waals surface area contributed by atoms with Crippen molar-refractivity contribution in [2.45, 2.75) is 38.6 Å². The number of aliphatic hydroxyl groups excluding tert-OH is 1. The Morgan fingerprint density at radius 1 is 1.53 bits per heavy atom. The Labute approximate surface area is 113 Å². The van der Waals surface area contributed by atoms with E-state index >= 15 is 0 Å². The van der Waals surface area contributed by atoms with Crippen LogP contribution in [0.3, 0.4) is 0 Å². The molecule has 0 amide bonds. The van der Waals surface area contributed by atoms with E-state index in [0.29, 0.717) is 6.54 Å². The van der Waals surface area contributed by atoms with E-state index in [0.717, 1.165) is 6.42 Å². The van der Waals surface area contributed by atoms with Crippen LogP contribution in [0, 0.1) is 5.41 Å². The lowest BCUT2D eigenvalue weighted by Gasteiger charge is -2.21. The monoisotopic (exact) mass is 290 g/mol. The summed E-state index contributed by atoms with van der Waals surface area (Å²) in [5, 5.41) is 13.1. The molecule has 4 N–H and O–H groups in total. The van der Waals surface area contributed by atoms with Crippen LogP contribution in [0.25, 0.3) is 0 Å². The molecule has 1 aromatic rings. The van der Waals surface area contributed by atoms with Crippen LogP contribution in [0.4, 0.5) is 5.82 Å². The number of nitrogens with two attached hydrogens (primary N) is 1. The van der Waals surface area contributed by atoms with Gasteiger partial charge < -0.3 is 10.8 Å². The molecule has 19 heavy (non-hydrogen) atoms. The van der Waals surface area contributed by atoms with Gasteiger partial charge in [-0.2, -0.15) is 5.10 Å². The molecule has 7 nitrogen and oxygen atoms in total. The van der Waals surface area contributed by atoms with Crippen LogP contribution in [-0.2, 0) is 16.6 Å². The van der Waals surface area contributed by atoms with Gasteiger partial charge in [0.1, 0.15) is 4.90 Å². The van der Waals surface area contributed by atoms with E-state index in [1.54, 1.807) is 13.8 Å². The predicted octanol–water partition coefficient (Wildman–Crippen LogP) is 0.172. The summed E-state index contributed by atoms with van der Waals surface area (Å²) >= 11 is 0. The lowest BCUT2D eigenvalue weighted by Crippen LogP contribution is -2.36. The van der Waals surface area contributed by atoms with Crippen LogP contribution in [0.5, 0.6) is 0 Å². The molecule has 0 atom stereocenters. The molecule has 0 saturated carbocycles. The number of nitrogen functional groups attached to an aromatic ring is 1. The number of hydrogen-bond acceptors (Lipinski definition) is 5. The summed E-state index contributed by atoms with van der Waals surface area (Å²) < 4.78 is 28.2. The van der Waals surface area contributed by atoms with E-state index in [-0.39, 0.29) is 23.9 Å². The van der Waals surface area contributed by atoms with Crippen molar-refractivity contribution < 1.29 is 13.5 Å². The maximum atomic E-state index is 12.1. The standard InChI is InChI=1S/C11H22N4O3S/c1-4-5-15-6-9(10(12)14-15)19(17,18)13-7-11(2,3)8-16/h6,13,16H,4-5,7-8H2,1-3H3,(H2,12,14). The molecule has 8 heteroatoms. The van der Waals surface area contributed by atoms with Gasteiger partial charge >= 0.3 is 0 Å². The number of rotatable bonds is 7. The van der Waals surface area contributed by atoms with E-state index in [1.807, 2.05) is 6.92 Å². The third-order valence-electron chi connectivity index (χ3n) is 2.67. The van der Waals surface area contributed by atoms with Gasteiger partial charge in [-0.1, -0.05) is 20.8 Å². The molecular formula is C11H22N4O3S. The molecule has 0 radical (unpaired) electrons. The van der Waals surface area contributed by atoms with E-state index in [9.17, 15) is 8.42 Å². The molecule has 0 aliphatic rings. The number of sulfonamides is 1. The highest BCUT2D eigenvalue weighted by Gasteiger charge is 2.25. The smallest absolute Gasteiger partial charge is 0.245 e. The second kappa shape index (κ2) is 5.89. The van der Waals surface area contributed by atoms with Gasteiger partial charge in [-0.15, -0.1) is 0 Å². The fraction of sp³-hybridized carbons (Fsp3) is 0.727. The molecule has 0 aromatic carbocycles. The molecule has 0 spiro atoms. The number of nitrogens with one attached hydrogen (secondary N) is 1. The Kier molecular flexibility index (Phi) is 4.94. The first-order chi connectivity index (χ1) is 8.72. The number of aryl methyl sites for hydroxylation is 1. The second-order valence-corrected chi connectivity index (χ2v) is 7.02. The fourth-order valence-electron chi connectivity index (χ4n) is 1.39. The van der Waals surface area contributed by atoms with Gasteiger partial charge in [0, 0.05) is 31.3 Å². The highest BCUT2D eigenvalue weighted by Crippen LogP contribution is 2.18. The fourth-order valence-corrected chi connectivity index (χ4v) is 2.71. The molecule has 0 bridgehead atoms. The van der Waals surface area contributed by atoms with Crippen molar-refractivity contribution in [1.82, 2.24) is 14.5 Å². The van der Waals surface area contributed by atoms with E-state index < -0.39 is 15.4 Å². The summed E-state index contributed by atoms with van der Waals surface area (Å²) in [4.78, 5) is -0.0188. The summed E-state index contributed by atoms with van der Waals surface area (Å²) in [6.07, 6.45) is 2.26. The number of anilines is 1. The molecule has 0 aliphatic heterocycles. The number of nitrogens with zero attached hydrogens (tertiary/aromatic N) is 2. The van der Waals surface area contributed by atoms with Crippen molar-refractivity contribution in [2.24, 2.45) is 5.41 Å². The third kappa shape index (κ3) is 4.19. The van der Waals surface area contributed by atoms with Gasteiger partial charge in [-0.05, 0) is 6.42 Å². The van der Waals surface area contributed by atoms with E-state index in [2.05, 4.69) is 9.82 Å². The highest BCUT2D eigenvalue weighted by atomic mass is 32.2. The molecule has 110 valence electrons. The van der Waals surface area contributed by atoms with Gasteiger partial charge in [0.25, 0.3) is 0 Å². The van der Waals surface area contributed by atoms with Crippen molar-refractivity contribution in [1.29, 1.82) is 0 Å². The van der Waals surface area contributed by atoms with E-state index in [1.165, 1.54) is 10.9 Å². The molecule has 1 rings (SSSR count). The largest absolute Gasteiger partial charge is 0.396 e. The first kappa shape index (κ1) is 15.9. The van der Waals surface area contributed by atoms with E-state index in [4.69, 9.17) is 10.8 Å². The van der Waals surface area contributed by atoms with Crippen molar-refractivity contribution in [2.75, 3.05) is 18.9 Å². The summed E-state index contributed by atoms with van der Waals surface area (Å²) in [6.45, 7) is 6.12. The molecule has 1 aromatic heterocycles. The molecule has 0 saturated heterocycles. The lowest BCUT2D eigenvalue weighted by molar-refractivity contribution is 0.163. The first-order valence-corrected chi connectivity index (χ1v) is 7.63. The van der Waals surface area contributed by atoms with Gasteiger partial charge in [0.15, 0.2) is 5.82 Å². The second-order valence-electron chi connectivity index (χ2n) is 5.29. The zero-order valence-corrected chi connectivity index (χ0v) is 12.4. The number of aliphatic hydroxyl groups is 1. The molecule has 0 fully saturated rings. The van der Waals surface area contributed by atoms with Crippen molar-refractivity contribution in [3.63, 3.8) is 0 Å². The summed E-state index contributed by atoms with van der Waals surface area (Å²) in [5.41, 5.74) is 5.10. The average Bonchev–Trinajstić information content (AvgIpc) is 2.70. The zero-order valence-electron chi connectivity index (χ0n) is 11.5. The Bertz CT molecular complexity index is 522. The zero-order chi connectivity index (χ0) is 14.7. The van der Waals surface area contributed by atoms with Crippen LogP contribution in [0.2, 0.25) is 0 Å². The summed E-state index contributed by atoms with van der Waals surface area (Å²) in [7, 11) is -3.70.